The van der Waals surface area contributed by atoms with E-state index in [0.717, 1.165) is 37.6 Å². The normalized spacial score (nSPS) is 21.4. The van der Waals surface area contributed by atoms with Crippen LogP contribution in [0, 0.1) is 11.7 Å². The van der Waals surface area contributed by atoms with Crippen LogP contribution in [0.3, 0.4) is 0 Å². The van der Waals surface area contributed by atoms with Crippen molar-refractivity contribution in [1.29, 1.82) is 0 Å². The molecule has 1 saturated heterocycles. The van der Waals surface area contributed by atoms with Crippen LogP contribution in [0.1, 0.15) is 31.9 Å². The van der Waals surface area contributed by atoms with E-state index >= 15 is 0 Å². The number of benzene rings is 1. The number of nitrogens with zero attached hydrogens (tertiary/aromatic N) is 4. The summed E-state index contributed by atoms with van der Waals surface area (Å²) in [6, 6.07) is 7.02. The minimum absolute atomic E-state index is 0.218. The molecule has 0 amide bonds. The molecule has 1 aromatic carbocycles. The monoisotopic (exact) mass is 343 g/mol. The Hall–Kier alpha value is -2.37. The zero-order chi connectivity index (χ0) is 17.6. The van der Waals surface area contributed by atoms with E-state index in [1.54, 1.807) is 12.1 Å². The van der Waals surface area contributed by atoms with E-state index in [-0.39, 0.29) is 5.82 Å². The fourth-order valence-corrected chi connectivity index (χ4v) is 3.32. The molecular weight excluding hydrogens is 317 g/mol. The summed E-state index contributed by atoms with van der Waals surface area (Å²) in [5.41, 5.74) is 0.881. The average molecular weight is 343 g/mol. The van der Waals surface area contributed by atoms with Crippen LogP contribution in [-0.2, 0) is 6.54 Å². The number of piperidine rings is 1. The first-order valence-electron chi connectivity index (χ1n) is 8.92. The summed E-state index contributed by atoms with van der Waals surface area (Å²) in [6.07, 6.45) is 6.85. The van der Waals surface area contributed by atoms with E-state index in [1.165, 1.54) is 6.07 Å². The Labute approximate surface area is 148 Å². The van der Waals surface area contributed by atoms with Crippen molar-refractivity contribution in [3.05, 3.63) is 54.4 Å². The molecule has 1 aliphatic heterocycles. The fraction of sp³-hybridized carbons (Fsp3) is 0.474. The van der Waals surface area contributed by atoms with E-state index < -0.39 is 0 Å². The number of likely N-dealkylation sites (tertiary alicyclic amines) is 1. The molecule has 1 aromatic heterocycles. The SMILES string of the molecule is CCNC(=NCc1cccc(F)c1)N1CCC(C)C(n2ccnc2)C1. The van der Waals surface area contributed by atoms with Crippen molar-refractivity contribution in [3.63, 3.8) is 0 Å². The van der Waals surface area contributed by atoms with Crippen molar-refractivity contribution < 1.29 is 4.39 Å². The topological polar surface area (TPSA) is 45.5 Å². The van der Waals surface area contributed by atoms with E-state index in [1.807, 2.05) is 24.8 Å². The highest BCUT2D eigenvalue weighted by Crippen LogP contribution is 2.27. The first-order chi connectivity index (χ1) is 12.2. The molecule has 2 heterocycles. The third-order valence-corrected chi connectivity index (χ3v) is 4.76. The van der Waals surface area contributed by atoms with Gasteiger partial charge in [0, 0.05) is 32.0 Å². The largest absolute Gasteiger partial charge is 0.357 e. The number of nitrogens with one attached hydrogen (secondary N) is 1. The minimum Gasteiger partial charge on any atom is -0.357 e. The van der Waals surface area contributed by atoms with Crippen molar-refractivity contribution in [1.82, 2.24) is 19.8 Å². The van der Waals surface area contributed by atoms with Crippen LogP contribution in [0.25, 0.3) is 0 Å². The zero-order valence-corrected chi connectivity index (χ0v) is 14.9. The number of guanidine groups is 1. The van der Waals surface area contributed by atoms with Gasteiger partial charge in [-0.25, -0.2) is 14.4 Å². The Morgan fingerprint density at radius 2 is 2.32 bits per heavy atom. The Bertz CT molecular complexity index is 698. The number of hydrogen-bond acceptors (Lipinski definition) is 2. The van der Waals surface area contributed by atoms with Crippen molar-refractivity contribution in [3.8, 4) is 0 Å². The van der Waals surface area contributed by atoms with E-state index in [0.29, 0.717) is 18.5 Å². The molecular formula is C19H26FN5. The molecule has 5 nitrogen and oxygen atoms in total. The molecule has 134 valence electrons. The predicted molar refractivity (Wildman–Crippen MR) is 97.8 cm³/mol. The predicted octanol–water partition coefficient (Wildman–Crippen LogP) is 3.07. The highest BCUT2D eigenvalue weighted by molar-refractivity contribution is 5.80. The number of rotatable bonds is 4. The van der Waals surface area contributed by atoms with Gasteiger partial charge >= 0.3 is 0 Å². The van der Waals surface area contributed by atoms with Crippen LogP contribution in [0.4, 0.5) is 4.39 Å². The lowest BCUT2D eigenvalue weighted by Crippen LogP contribution is -2.49. The standard InChI is InChI=1S/C19H26FN5/c1-3-22-19(23-12-16-5-4-6-17(20)11-16)24-9-7-15(2)18(13-24)25-10-8-21-14-25/h4-6,8,10-11,14-15,18H,3,7,9,12-13H2,1-2H3,(H,22,23). The molecule has 6 heteroatoms. The Balaban J connectivity index is 1.74. The molecule has 2 unspecified atom stereocenters. The lowest BCUT2D eigenvalue weighted by atomic mass is 9.93. The molecule has 3 rings (SSSR count). The van der Waals surface area contributed by atoms with E-state index in [9.17, 15) is 4.39 Å². The minimum atomic E-state index is -0.218. The van der Waals surface area contributed by atoms with Gasteiger partial charge in [0.05, 0.1) is 18.9 Å². The summed E-state index contributed by atoms with van der Waals surface area (Å²) in [5.74, 6) is 1.27. The lowest BCUT2D eigenvalue weighted by Gasteiger charge is -2.39. The zero-order valence-electron chi connectivity index (χ0n) is 14.9. The molecule has 1 aliphatic rings. The van der Waals surface area contributed by atoms with Crippen molar-refractivity contribution in [2.75, 3.05) is 19.6 Å². The third kappa shape index (κ3) is 4.38. The van der Waals surface area contributed by atoms with Crippen LogP contribution >= 0.6 is 0 Å². The van der Waals surface area contributed by atoms with E-state index in [4.69, 9.17) is 4.99 Å². The van der Waals surface area contributed by atoms with Gasteiger partial charge in [-0.2, -0.15) is 0 Å². The number of imidazole rings is 1. The first kappa shape index (κ1) is 17.5. The molecule has 0 aliphatic carbocycles. The van der Waals surface area contributed by atoms with Gasteiger partial charge in [-0.3, -0.25) is 0 Å². The van der Waals surface area contributed by atoms with Crippen LogP contribution < -0.4 is 5.32 Å². The Morgan fingerprint density at radius 3 is 3.04 bits per heavy atom. The van der Waals surface area contributed by atoms with Gasteiger partial charge in [0.25, 0.3) is 0 Å². The maximum Gasteiger partial charge on any atom is 0.194 e. The maximum atomic E-state index is 13.4. The summed E-state index contributed by atoms with van der Waals surface area (Å²) in [7, 11) is 0. The molecule has 0 saturated carbocycles. The summed E-state index contributed by atoms with van der Waals surface area (Å²) < 4.78 is 15.5. The van der Waals surface area contributed by atoms with Gasteiger partial charge in [-0.1, -0.05) is 19.1 Å². The third-order valence-electron chi connectivity index (χ3n) is 4.76. The first-order valence-corrected chi connectivity index (χ1v) is 8.92. The van der Waals surface area contributed by atoms with Gasteiger partial charge in [0.2, 0.25) is 0 Å². The quantitative estimate of drug-likeness (QED) is 0.685. The number of aliphatic imine (C=N–C) groups is 1. The summed E-state index contributed by atoms with van der Waals surface area (Å²) in [4.78, 5) is 11.2. The summed E-state index contributed by atoms with van der Waals surface area (Å²) >= 11 is 0. The molecule has 1 N–H and O–H groups in total. The molecule has 0 bridgehead atoms. The van der Waals surface area contributed by atoms with Gasteiger partial charge < -0.3 is 14.8 Å². The van der Waals surface area contributed by atoms with Crippen molar-refractivity contribution in [2.45, 2.75) is 32.9 Å². The van der Waals surface area contributed by atoms with Crippen molar-refractivity contribution >= 4 is 5.96 Å². The highest BCUT2D eigenvalue weighted by Gasteiger charge is 2.28. The van der Waals surface area contributed by atoms with Crippen LogP contribution in [0.5, 0.6) is 0 Å². The number of aromatic nitrogens is 2. The van der Waals surface area contributed by atoms with Gasteiger partial charge in [0.1, 0.15) is 5.82 Å². The second kappa shape index (κ2) is 8.14. The van der Waals surface area contributed by atoms with Crippen LogP contribution in [0.15, 0.2) is 48.0 Å². The van der Waals surface area contributed by atoms with Crippen LogP contribution in [-0.4, -0.2) is 40.0 Å². The molecule has 25 heavy (non-hydrogen) atoms. The Morgan fingerprint density at radius 1 is 1.44 bits per heavy atom. The van der Waals surface area contributed by atoms with Gasteiger partial charge in [-0.05, 0) is 37.0 Å². The summed E-state index contributed by atoms with van der Waals surface area (Å²) in [5, 5.41) is 3.38. The highest BCUT2D eigenvalue weighted by atomic mass is 19.1. The van der Waals surface area contributed by atoms with Gasteiger partial charge in [0.15, 0.2) is 5.96 Å². The Kier molecular flexibility index (Phi) is 5.68. The van der Waals surface area contributed by atoms with Crippen LogP contribution in [0.2, 0.25) is 0 Å². The molecule has 0 spiro atoms. The van der Waals surface area contributed by atoms with Gasteiger partial charge in [-0.15, -0.1) is 0 Å². The smallest absolute Gasteiger partial charge is 0.194 e. The second-order valence-electron chi connectivity index (χ2n) is 6.59. The molecule has 2 aromatic rings. The van der Waals surface area contributed by atoms with Crippen molar-refractivity contribution in [2.24, 2.45) is 10.9 Å². The maximum absolute atomic E-state index is 13.4. The molecule has 1 fully saturated rings. The molecule has 0 radical (unpaired) electrons. The summed E-state index contributed by atoms with van der Waals surface area (Å²) in [6.45, 7) is 7.51. The lowest BCUT2D eigenvalue weighted by molar-refractivity contribution is 0.189. The van der Waals surface area contributed by atoms with E-state index in [2.05, 4.69) is 33.6 Å². The molecule has 2 atom stereocenters. The number of hydrogen-bond donors (Lipinski definition) is 1. The fourth-order valence-electron chi connectivity index (χ4n) is 3.32. The second-order valence-corrected chi connectivity index (χ2v) is 6.59. The average Bonchev–Trinajstić information content (AvgIpc) is 3.14. The number of halogens is 1.